The highest BCUT2D eigenvalue weighted by Crippen LogP contribution is 2.21. The highest BCUT2D eigenvalue weighted by molar-refractivity contribution is 6.06. The molecule has 0 radical (unpaired) electrons. The molecule has 0 atom stereocenters. The van der Waals surface area contributed by atoms with Gasteiger partial charge in [0.15, 0.2) is 0 Å². The molecule has 1 heterocycles. The molecular weight excluding hydrogens is 254 g/mol. The number of rotatable bonds is 2. The van der Waals surface area contributed by atoms with Crippen molar-refractivity contribution in [3.05, 3.63) is 53.7 Å². The van der Waals surface area contributed by atoms with Crippen LogP contribution < -0.4 is 5.32 Å². The number of fused-ring (bicyclic) bond motifs is 1. The van der Waals surface area contributed by atoms with E-state index in [1.807, 2.05) is 13.0 Å². The number of nitrogens with one attached hydrogen (secondary N) is 2. The maximum atomic E-state index is 12.2. The molecule has 0 saturated carbocycles. The van der Waals surface area contributed by atoms with Gasteiger partial charge in [-0.05, 0) is 42.8 Å². The Kier molecular flexibility index (Phi) is 2.87. The molecule has 0 aliphatic carbocycles. The van der Waals surface area contributed by atoms with Gasteiger partial charge in [-0.2, -0.15) is 5.10 Å². The van der Waals surface area contributed by atoms with Gasteiger partial charge in [0.2, 0.25) is 0 Å². The molecule has 1 aromatic heterocycles. The average Bonchev–Trinajstić information content (AvgIpc) is 2.89. The molecule has 3 N–H and O–H groups in total. The first kappa shape index (κ1) is 12.2. The van der Waals surface area contributed by atoms with Crippen LogP contribution in [-0.4, -0.2) is 21.2 Å². The fourth-order valence-electron chi connectivity index (χ4n) is 2.06. The summed E-state index contributed by atoms with van der Waals surface area (Å²) in [7, 11) is 0. The van der Waals surface area contributed by atoms with Crippen LogP contribution in [0, 0.1) is 6.92 Å². The lowest BCUT2D eigenvalue weighted by Gasteiger charge is -2.08. The minimum atomic E-state index is -0.199. The van der Waals surface area contributed by atoms with Crippen LogP contribution in [0.15, 0.2) is 42.6 Å². The number of carbonyl (C=O) groups is 1. The molecule has 100 valence electrons. The van der Waals surface area contributed by atoms with Crippen molar-refractivity contribution >= 4 is 22.5 Å². The number of aryl methyl sites for hydroxylation is 1. The smallest absolute Gasteiger partial charge is 0.255 e. The Morgan fingerprint density at radius 1 is 1.25 bits per heavy atom. The Bertz CT molecular complexity index is 793. The second-order valence-corrected chi connectivity index (χ2v) is 4.63. The van der Waals surface area contributed by atoms with Crippen LogP contribution in [0.3, 0.4) is 0 Å². The van der Waals surface area contributed by atoms with Crippen molar-refractivity contribution in [3.8, 4) is 5.75 Å². The summed E-state index contributed by atoms with van der Waals surface area (Å²) in [6.07, 6.45) is 1.71. The van der Waals surface area contributed by atoms with Crippen LogP contribution in [0.2, 0.25) is 0 Å². The first-order chi connectivity index (χ1) is 9.63. The fourth-order valence-corrected chi connectivity index (χ4v) is 2.06. The number of aromatic amines is 1. The maximum Gasteiger partial charge on any atom is 0.255 e. The third kappa shape index (κ3) is 2.21. The summed E-state index contributed by atoms with van der Waals surface area (Å²) in [6.45, 7) is 1.83. The van der Waals surface area contributed by atoms with E-state index in [0.29, 0.717) is 11.3 Å². The zero-order valence-corrected chi connectivity index (χ0v) is 10.8. The molecule has 3 aromatic rings. The van der Waals surface area contributed by atoms with Crippen LogP contribution >= 0.6 is 0 Å². The van der Waals surface area contributed by atoms with Gasteiger partial charge in [0.1, 0.15) is 5.75 Å². The number of H-pyrrole nitrogens is 1. The average molecular weight is 267 g/mol. The number of aromatic nitrogens is 2. The Labute approximate surface area is 115 Å². The molecule has 0 unspecified atom stereocenters. The van der Waals surface area contributed by atoms with Crippen molar-refractivity contribution in [1.29, 1.82) is 0 Å². The highest BCUT2D eigenvalue weighted by Gasteiger charge is 2.09. The van der Waals surface area contributed by atoms with E-state index in [2.05, 4.69) is 15.5 Å². The van der Waals surface area contributed by atoms with Crippen molar-refractivity contribution in [3.63, 3.8) is 0 Å². The molecule has 0 saturated heterocycles. The fraction of sp³-hybridized carbons (Fsp3) is 0.0667. The number of benzene rings is 2. The first-order valence-corrected chi connectivity index (χ1v) is 6.17. The van der Waals surface area contributed by atoms with Crippen molar-refractivity contribution in [2.45, 2.75) is 6.92 Å². The largest absolute Gasteiger partial charge is 0.508 e. The van der Waals surface area contributed by atoms with E-state index < -0.39 is 0 Å². The summed E-state index contributed by atoms with van der Waals surface area (Å²) in [5, 5.41) is 19.9. The molecule has 0 aliphatic heterocycles. The predicted molar refractivity (Wildman–Crippen MR) is 76.9 cm³/mol. The second kappa shape index (κ2) is 4.70. The number of nitrogens with zero attached hydrogens (tertiary/aromatic N) is 1. The highest BCUT2D eigenvalue weighted by atomic mass is 16.3. The van der Waals surface area contributed by atoms with Crippen molar-refractivity contribution < 1.29 is 9.90 Å². The molecule has 20 heavy (non-hydrogen) atoms. The summed E-state index contributed by atoms with van der Waals surface area (Å²) in [5.41, 5.74) is 2.85. The quantitative estimate of drug-likeness (QED) is 0.625. The molecule has 0 bridgehead atoms. The maximum absolute atomic E-state index is 12.2. The van der Waals surface area contributed by atoms with Gasteiger partial charge in [-0.3, -0.25) is 9.89 Å². The number of amides is 1. The monoisotopic (exact) mass is 267 g/mol. The molecule has 5 nitrogen and oxygen atoms in total. The van der Waals surface area contributed by atoms with Crippen LogP contribution in [0.25, 0.3) is 10.9 Å². The van der Waals surface area contributed by atoms with E-state index in [1.165, 1.54) is 0 Å². The number of hydrogen-bond acceptors (Lipinski definition) is 3. The molecule has 0 aliphatic rings. The molecule has 0 fully saturated rings. The standard InChI is InChI=1S/C15H13N3O2/c1-9-6-12(19)4-5-13(9)17-15(20)10-2-3-11-8-16-18-14(11)7-10/h2-8,19H,1H3,(H,16,18)(H,17,20). The Balaban J connectivity index is 1.88. The minimum absolute atomic E-state index is 0.180. The van der Waals surface area contributed by atoms with E-state index in [4.69, 9.17) is 0 Å². The summed E-state index contributed by atoms with van der Waals surface area (Å²) >= 11 is 0. The van der Waals surface area contributed by atoms with E-state index in [0.717, 1.165) is 16.5 Å². The Hall–Kier alpha value is -2.82. The number of carbonyl (C=O) groups excluding carboxylic acids is 1. The SMILES string of the molecule is Cc1cc(O)ccc1NC(=O)c1ccc2cn[nH]c2c1. The number of hydrogen-bond donors (Lipinski definition) is 3. The molecular formula is C15H13N3O2. The van der Waals surface area contributed by atoms with Gasteiger partial charge in [0.05, 0.1) is 11.7 Å². The molecule has 2 aromatic carbocycles. The first-order valence-electron chi connectivity index (χ1n) is 6.17. The summed E-state index contributed by atoms with van der Waals surface area (Å²) in [4.78, 5) is 12.2. The van der Waals surface area contributed by atoms with Gasteiger partial charge >= 0.3 is 0 Å². The zero-order valence-electron chi connectivity index (χ0n) is 10.8. The van der Waals surface area contributed by atoms with Gasteiger partial charge in [0, 0.05) is 16.6 Å². The van der Waals surface area contributed by atoms with E-state index in [9.17, 15) is 9.90 Å². The second-order valence-electron chi connectivity index (χ2n) is 4.63. The van der Waals surface area contributed by atoms with Gasteiger partial charge in [-0.25, -0.2) is 0 Å². The molecule has 5 heteroatoms. The van der Waals surface area contributed by atoms with Crippen LogP contribution in [0.4, 0.5) is 5.69 Å². The lowest BCUT2D eigenvalue weighted by molar-refractivity contribution is 0.102. The van der Waals surface area contributed by atoms with Gasteiger partial charge in [-0.1, -0.05) is 6.07 Å². The topological polar surface area (TPSA) is 78.0 Å². The zero-order chi connectivity index (χ0) is 14.1. The number of phenolic OH excluding ortho intramolecular Hbond substituents is 1. The number of phenols is 1. The number of anilines is 1. The molecule has 3 rings (SSSR count). The Morgan fingerprint density at radius 2 is 2.10 bits per heavy atom. The normalized spacial score (nSPS) is 10.7. The molecule has 1 amide bonds. The third-order valence-corrected chi connectivity index (χ3v) is 3.16. The lowest BCUT2D eigenvalue weighted by atomic mass is 10.1. The summed E-state index contributed by atoms with van der Waals surface area (Å²) in [6, 6.07) is 10.2. The number of aromatic hydroxyl groups is 1. The van der Waals surface area contributed by atoms with Gasteiger partial charge < -0.3 is 10.4 Å². The lowest BCUT2D eigenvalue weighted by Crippen LogP contribution is -2.12. The van der Waals surface area contributed by atoms with Crippen molar-refractivity contribution in [2.75, 3.05) is 5.32 Å². The Morgan fingerprint density at radius 3 is 2.90 bits per heavy atom. The van der Waals surface area contributed by atoms with Crippen molar-refractivity contribution in [2.24, 2.45) is 0 Å². The molecule has 0 spiro atoms. The van der Waals surface area contributed by atoms with E-state index in [1.54, 1.807) is 36.5 Å². The summed E-state index contributed by atoms with van der Waals surface area (Å²) < 4.78 is 0. The third-order valence-electron chi connectivity index (χ3n) is 3.16. The van der Waals surface area contributed by atoms with Gasteiger partial charge in [-0.15, -0.1) is 0 Å². The van der Waals surface area contributed by atoms with Gasteiger partial charge in [0.25, 0.3) is 5.91 Å². The van der Waals surface area contributed by atoms with Crippen LogP contribution in [0.5, 0.6) is 5.75 Å². The van der Waals surface area contributed by atoms with Crippen molar-refractivity contribution in [1.82, 2.24) is 10.2 Å². The van der Waals surface area contributed by atoms with E-state index in [-0.39, 0.29) is 11.7 Å². The van der Waals surface area contributed by atoms with Crippen LogP contribution in [-0.2, 0) is 0 Å². The summed E-state index contributed by atoms with van der Waals surface area (Å²) in [5.74, 6) is -0.0188. The van der Waals surface area contributed by atoms with Crippen LogP contribution in [0.1, 0.15) is 15.9 Å². The van der Waals surface area contributed by atoms with E-state index >= 15 is 0 Å². The minimum Gasteiger partial charge on any atom is -0.508 e. The predicted octanol–water partition coefficient (Wildman–Crippen LogP) is 2.83.